The van der Waals surface area contributed by atoms with Gasteiger partial charge in [0.15, 0.2) is 5.75 Å². The molecule has 0 aliphatic rings. The van der Waals surface area contributed by atoms with Crippen molar-refractivity contribution in [2.24, 2.45) is 0 Å². The minimum Gasteiger partial charge on any atom is -0.485 e. The number of ether oxygens (including phenoxy) is 2. The average Bonchev–Trinajstić information content (AvgIpc) is 2.77. The maximum atomic E-state index is 13.5. The number of aryl methyl sites for hydroxylation is 1. The molecule has 2 N–H and O–H groups in total. The van der Waals surface area contributed by atoms with Gasteiger partial charge in [-0.2, -0.15) is 0 Å². The second-order valence-corrected chi connectivity index (χ2v) is 8.07. The van der Waals surface area contributed by atoms with Gasteiger partial charge >= 0.3 is 0 Å². The number of rotatable bonds is 14. The van der Waals surface area contributed by atoms with Crippen LogP contribution in [0.1, 0.15) is 85.5 Å². The molecule has 5 heteroatoms. The lowest BCUT2D eigenvalue weighted by molar-refractivity contribution is 0.280. The monoisotopic (exact) mass is 428 g/mol. The summed E-state index contributed by atoms with van der Waals surface area (Å²) in [5, 5.41) is 0.857. The normalized spacial score (nSPS) is 11.8. The fraction of sp³-hybridized carbons (Fsp3) is 0.577. The van der Waals surface area contributed by atoms with Crippen molar-refractivity contribution in [3.05, 3.63) is 40.4 Å². The summed E-state index contributed by atoms with van der Waals surface area (Å²) in [5.41, 5.74) is 7.35. The van der Waals surface area contributed by atoms with Crippen LogP contribution in [0, 0.1) is 0 Å². The van der Waals surface area contributed by atoms with Gasteiger partial charge < -0.3 is 19.8 Å². The summed E-state index contributed by atoms with van der Waals surface area (Å²) in [6.45, 7) is 9.47. The Hall–Kier alpha value is -2.43. The highest BCUT2D eigenvalue weighted by Crippen LogP contribution is 2.36. The van der Waals surface area contributed by atoms with Crippen molar-refractivity contribution >= 4 is 16.6 Å². The van der Waals surface area contributed by atoms with Crippen LogP contribution >= 0.6 is 0 Å². The van der Waals surface area contributed by atoms with E-state index >= 15 is 0 Å². The summed E-state index contributed by atoms with van der Waals surface area (Å²) in [6.07, 6.45) is 11.6. The number of pyridine rings is 1. The van der Waals surface area contributed by atoms with E-state index in [0.717, 1.165) is 48.8 Å². The zero-order valence-electron chi connectivity index (χ0n) is 19.8. The maximum Gasteiger partial charge on any atom is 0.297 e. The van der Waals surface area contributed by atoms with E-state index < -0.39 is 0 Å². The van der Waals surface area contributed by atoms with Gasteiger partial charge in [0.25, 0.3) is 5.56 Å². The molecule has 31 heavy (non-hydrogen) atoms. The molecule has 1 aromatic carbocycles. The number of nitrogen functional groups attached to an aromatic ring is 1. The fourth-order valence-electron chi connectivity index (χ4n) is 3.71. The number of aromatic nitrogens is 1. The SMILES string of the molecule is CC=C(CC)Oc1c(OCCCCCCCC)c(=O)n(CCCC)c2cc(N)ccc12. The Morgan fingerprint density at radius 3 is 2.39 bits per heavy atom. The van der Waals surface area contributed by atoms with E-state index in [1.165, 1.54) is 25.7 Å². The molecule has 5 nitrogen and oxygen atoms in total. The quantitative estimate of drug-likeness (QED) is 0.204. The molecule has 2 rings (SSSR count). The minimum absolute atomic E-state index is 0.140. The van der Waals surface area contributed by atoms with Gasteiger partial charge in [0.05, 0.1) is 17.9 Å². The molecular weight excluding hydrogens is 388 g/mol. The Kier molecular flexibility index (Phi) is 10.5. The molecule has 0 spiro atoms. The highest BCUT2D eigenvalue weighted by atomic mass is 16.5. The summed E-state index contributed by atoms with van der Waals surface area (Å²) in [7, 11) is 0. The van der Waals surface area contributed by atoms with E-state index in [-0.39, 0.29) is 5.56 Å². The zero-order valence-corrected chi connectivity index (χ0v) is 19.8. The van der Waals surface area contributed by atoms with Gasteiger partial charge in [-0.15, -0.1) is 0 Å². The van der Waals surface area contributed by atoms with E-state index in [1.807, 2.05) is 38.1 Å². The number of fused-ring (bicyclic) bond motifs is 1. The van der Waals surface area contributed by atoms with Gasteiger partial charge in [0.1, 0.15) is 0 Å². The van der Waals surface area contributed by atoms with Crippen molar-refractivity contribution in [1.29, 1.82) is 0 Å². The first-order valence-electron chi connectivity index (χ1n) is 12.0. The van der Waals surface area contributed by atoms with Gasteiger partial charge in [0, 0.05) is 24.0 Å². The summed E-state index contributed by atoms with van der Waals surface area (Å²) in [5.74, 6) is 1.64. The summed E-state index contributed by atoms with van der Waals surface area (Å²) >= 11 is 0. The predicted octanol–water partition coefficient (Wildman–Crippen LogP) is 6.82. The molecule has 0 unspecified atom stereocenters. The highest BCUT2D eigenvalue weighted by Gasteiger charge is 2.21. The maximum absolute atomic E-state index is 13.5. The second kappa shape index (κ2) is 13.1. The molecule has 0 aliphatic carbocycles. The predicted molar refractivity (Wildman–Crippen MR) is 131 cm³/mol. The van der Waals surface area contributed by atoms with Crippen molar-refractivity contribution in [3.8, 4) is 11.5 Å². The fourth-order valence-corrected chi connectivity index (χ4v) is 3.71. The average molecular weight is 429 g/mol. The summed E-state index contributed by atoms with van der Waals surface area (Å²) in [6, 6.07) is 5.64. The van der Waals surface area contributed by atoms with E-state index in [9.17, 15) is 4.79 Å². The number of nitrogens with two attached hydrogens (primary N) is 1. The molecule has 2 aromatic rings. The smallest absolute Gasteiger partial charge is 0.297 e. The Balaban J connectivity index is 2.44. The van der Waals surface area contributed by atoms with Crippen LogP contribution in [0.5, 0.6) is 11.5 Å². The standard InChI is InChI=1S/C26H40N2O3/c1-5-9-11-12-13-14-18-30-25-24(31-21(7-3)8-4)22-16-15-20(27)19-23(22)28(26(25)29)17-10-6-2/h7,15-16,19H,5-6,8-14,17-18,27H2,1-4H3. The lowest BCUT2D eigenvalue weighted by Gasteiger charge is -2.19. The molecule has 0 saturated carbocycles. The van der Waals surface area contributed by atoms with Crippen LogP contribution in [-0.4, -0.2) is 11.2 Å². The number of anilines is 1. The lowest BCUT2D eigenvalue weighted by atomic mass is 10.1. The molecule has 1 aromatic heterocycles. The molecule has 0 radical (unpaired) electrons. The molecule has 0 fully saturated rings. The van der Waals surface area contributed by atoms with E-state index in [1.54, 1.807) is 4.57 Å². The van der Waals surface area contributed by atoms with Gasteiger partial charge in [0.2, 0.25) is 5.75 Å². The third kappa shape index (κ3) is 6.78. The van der Waals surface area contributed by atoms with Crippen LogP contribution < -0.4 is 20.8 Å². The molecule has 0 atom stereocenters. The van der Waals surface area contributed by atoms with Crippen LogP contribution in [0.3, 0.4) is 0 Å². The third-order valence-corrected chi connectivity index (χ3v) is 5.59. The summed E-state index contributed by atoms with van der Waals surface area (Å²) in [4.78, 5) is 13.5. The highest BCUT2D eigenvalue weighted by molar-refractivity contribution is 5.90. The molecule has 1 heterocycles. The lowest BCUT2D eigenvalue weighted by Crippen LogP contribution is -2.24. The molecule has 0 saturated heterocycles. The number of benzene rings is 1. The Labute approximate surface area is 187 Å². The number of unbranched alkanes of at least 4 members (excludes halogenated alkanes) is 6. The second-order valence-electron chi connectivity index (χ2n) is 8.07. The van der Waals surface area contributed by atoms with Gasteiger partial charge in [-0.3, -0.25) is 4.79 Å². The van der Waals surface area contributed by atoms with Crippen LogP contribution in [0.4, 0.5) is 5.69 Å². The Bertz CT molecular complexity index is 915. The molecular formula is C26H40N2O3. The van der Waals surface area contributed by atoms with Crippen molar-refractivity contribution in [1.82, 2.24) is 4.57 Å². The number of hydrogen-bond donors (Lipinski definition) is 1. The van der Waals surface area contributed by atoms with Crippen molar-refractivity contribution < 1.29 is 9.47 Å². The van der Waals surface area contributed by atoms with Crippen LogP contribution in [0.15, 0.2) is 34.8 Å². The molecule has 172 valence electrons. The first-order chi connectivity index (χ1) is 15.1. The van der Waals surface area contributed by atoms with E-state index in [0.29, 0.717) is 30.3 Å². The molecule has 0 bridgehead atoms. The number of nitrogens with zero attached hydrogens (tertiary/aromatic N) is 1. The number of allylic oxidation sites excluding steroid dienone is 2. The third-order valence-electron chi connectivity index (χ3n) is 5.59. The van der Waals surface area contributed by atoms with Crippen molar-refractivity contribution in [2.75, 3.05) is 12.3 Å². The van der Waals surface area contributed by atoms with Crippen LogP contribution in [-0.2, 0) is 6.54 Å². The minimum atomic E-state index is -0.140. The van der Waals surface area contributed by atoms with Crippen molar-refractivity contribution in [3.63, 3.8) is 0 Å². The topological polar surface area (TPSA) is 66.5 Å². The van der Waals surface area contributed by atoms with Crippen LogP contribution in [0.2, 0.25) is 0 Å². The molecule has 0 aliphatic heterocycles. The summed E-state index contributed by atoms with van der Waals surface area (Å²) < 4.78 is 14.1. The van der Waals surface area contributed by atoms with Gasteiger partial charge in [-0.05, 0) is 44.0 Å². The first-order valence-corrected chi connectivity index (χ1v) is 12.0. The Morgan fingerprint density at radius 2 is 1.71 bits per heavy atom. The largest absolute Gasteiger partial charge is 0.485 e. The Morgan fingerprint density at radius 1 is 1.00 bits per heavy atom. The van der Waals surface area contributed by atoms with E-state index in [2.05, 4.69) is 13.8 Å². The van der Waals surface area contributed by atoms with Gasteiger partial charge in [-0.1, -0.05) is 59.3 Å². The van der Waals surface area contributed by atoms with Gasteiger partial charge in [-0.25, -0.2) is 0 Å². The van der Waals surface area contributed by atoms with E-state index in [4.69, 9.17) is 15.2 Å². The first kappa shape index (κ1) is 24.8. The van der Waals surface area contributed by atoms with Crippen molar-refractivity contribution in [2.45, 2.75) is 92.0 Å². The molecule has 0 amide bonds. The number of hydrogen-bond acceptors (Lipinski definition) is 4. The zero-order chi connectivity index (χ0) is 22.6. The van der Waals surface area contributed by atoms with Crippen LogP contribution in [0.25, 0.3) is 10.9 Å².